The van der Waals surface area contributed by atoms with Crippen LogP contribution in [0, 0.1) is 0 Å². The van der Waals surface area contributed by atoms with E-state index < -0.39 is 20.8 Å². The van der Waals surface area contributed by atoms with Gasteiger partial charge in [-0.3, -0.25) is 16.8 Å². The van der Waals surface area contributed by atoms with E-state index in [0.29, 0.717) is 0 Å². The molecule has 0 aromatic carbocycles. The van der Waals surface area contributed by atoms with E-state index in [1.807, 2.05) is 0 Å². The van der Waals surface area contributed by atoms with Crippen LogP contribution in [0.3, 0.4) is 0 Å². The number of hydrogen-bond acceptors (Lipinski definition) is 8. The van der Waals surface area contributed by atoms with Gasteiger partial charge in [-0.05, 0) is 0 Å². The fraction of sp³-hybridized carbons (Fsp3) is 0. The average molecular weight is 282 g/mol. The maximum Gasteiger partial charge on any atom is 3.00 e. The minimum atomic E-state index is -5.17. The zero-order valence-electron chi connectivity index (χ0n) is 7.66. The van der Waals surface area contributed by atoms with Gasteiger partial charge in [0.1, 0.15) is 0 Å². The second-order valence-corrected chi connectivity index (χ2v) is 2.45. The first-order chi connectivity index (χ1) is 4.00. The Morgan fingerprint density at radius 1 is 0.769 bits per heavy atom. The van der Waals surface area contributed by atoms with E-state index in [1.54, 1.807) is 0 Å². The molecule has 0 heterocycles. The Morgan fingerprint density at radius 3 is 0.769 bits per heavy atom. The van der Waals surface area contributed by atoms with Crippen LogP contribution in [0.2, 0.25) is 0 Å². The van der Waals surface area contributed by atoms with Crippen LogP contribution in [0.5, 0.6) is 0 Å². The zero-order valence-corrected chi connectivity index (χ0v) is 14.6. The molecule has 66 valence electrons. The second kappa shape index (κ2) is 13.0. The van der Waals surface area contributed by atoms with Crippen molar-refractivity contribution in [3.05, 3.63) is 0 Å². The Morgan fingerprint density at radius 2 is 0.769 bits per heavy atom. The van der Waals surface area contributed by atoms with Crippen LogP contribution in [0.1, 0.15) is 1.43 Å². The number of hydrogen-bond donors (Lipinski definition) is 0. The topological polar surface area (TPSA) is 161 Å². The molecule has 8 nitrogen and oxygen atoms in total. The normalized spacial score (nSPS) is 8.92. The van der Waals surface area contributed by atoms with Gasteiger partial charge in [0, 0.05) is 20.8 Å². The van der Waals surface area contributed by atoms with Crippen molar-refractivity contribution in [3.63, 3.8) is 0 Å². The third kappa shape index (κ3) is 294. The van der Waals surface area contributed by atoms with Gasteiger partial charge in [-0.2, -0.15) is 0 Å². The van der Waals surface area contributed by atoms with E-state index in [-0.39, 0.29) is 99.7 Å². The molecule has 0 aromatic rings. The zero-order chi connectivity index (χ0) is 9.00. The fourth-order valence-corrected chi connectivity index (χ4v) is 0. The molecule has 0 spiro atoms. The predicted octanol–water partition coefficient (Wildman–Crippen LogP) is -8.94. The smallest absolute Gasteiger partial charge is 1.00 e. The Balaban J connectivity index is -0.0000000178. The van der Waals surface area contributed by atoms with E-state index in [4.69, 9.17) is 35.0 Å². The Bertz CT molecular complexity index is 224. The van der Waals surface area contributed by atoms with Gasteiger partial charge in [0.05, 0.1) is 0 Å². The molecule has 0 atom stereocenters. The summed E-state index contributed by atoms with van der Waals surface area (Å²) < 4.78 is 68.2. The van der Waals surface area contributed by atoms with E-state index in [1.165, 1.54) is 0 Å². The van der Waals surface area contributed by atoms with Gasteiger partial charge >= 0.3 is 98.3 Å². The molecule has 0 unspecified atom stereocenters. The van der Waals surface area contributed by atoms with Crippen molar-refractivity contribution in [1.82, 2.24) is 0 Å². The quantitative estimate of drug-likeness (QED) is 0.240. The Kier molecular flexibility index (Phi) is 29.7. The summed E-state index contributed by atoms with van der Waals surface area (Å²) >= 11 is 0. The molecular formula is HAlKNaO8S2. The molecule has 0 aliphatic carbocycles. The van der Waals surface area contributed by atoms with Crippen molar-refractivity contribution in [2.24, 2.45) is 0 Å². The van der Waals surface area contributed by atoms with Crippen molar-refractivity contribution in [2.75, 3.05) is 0 Å². The summed E-state index contributed by atoms with van der Waals surface area (Å²) in [5, 5.41) is 0. The van der Waals surface area contributed by atoms with Gasteiger partial charge in [0.2, 0.25) is 0 Å². The van der Waals surface area contributed by atoms with Gasteiger partial charge in [-0.1, -0.05) is 0 Å². The van der Waals surface area contributed by atoms with Gasteiger partial charge in [0.15, 0.2) is 0 Å². The Hall–Kier alpha value is 2.91. The Labute approximate surface area is 152 Å². The predicted molar refractivity (Wildman–Crippen MR) is 27.8 cm³/mol. The third-order valence-corrected chi connectivity index (χ3v) is 0. The molecule has 0 N–H and O–H groups in total. The standard InChI is InChI=1S/Al.K.Na.2H2O4S.H/c;;;2*1-5(2,3)4;/h;;;2*(H2,1,2,3,4);/q+3;2*+1;;;-1/p-4. The van der Waals surface area contributed by atoms with Gasteiger partial charge in [-0.15, -0.1) is 0 Å². The molecule has 0 amide bonds. The first-order valence-corrected chi connectivity index (χ1v) is 4.00. The first-order valence-electron chi connectivity index (χ1n) is 1.33. The van der Waals surface area contributed by atoms with Crippen molar-refractivity contribution < 1.29 is 117 Å². The summed E-state index contributed by atoms with van der Waals surface area (Å²) in [5.74, 6) is 0. The minimum absolute atomic E-state index is 0. The summed E-state index contributed by atoms with van der Waals surface area (Å²) in [5.41, 5.74) is 0. The monoisotopic (exact) mass is 282 g/mol. The van der Waals surface area contributed by atoms with E-state index in [2.05, 4.69) is 0 Å². The van der Waals surface area contributed by atoms with Crippen LogP contribution >= 0.6 is 0 Å². The van der Waals surface area contributed by atoms with Crippen LogP contribution in [0.4, 0.5) is 0 Å². The van der Waals surface area contributed by atoms with Crippen molar-refractivity contribution in [1.29, 1.82) is 0 Å². The van der Waals surface area contributed by atoms with Crippen LogP contribution in [0.25, 0.3) is 0 Å². The number of rotatable bonds is 0. The molecule has 13 heavy (non-hydrogen) atoms. The molecule has 0 aliphatic rings. The third-order valence-electron chi connectivity index (χ3n) is 0. The molecule has 0 saturated carbocycles. The molecule has 0 rings (SSSR count). The summed E-state index contributed by atoms with van der Waals surface area (Å²) in [6, 6.07) is 0. The molecule has 0 radical (unpaired) electrons. The summed E-state index contributed by atoms with van der Waals surface area (Å²) in [7, 11) is -10.3. The summed E-state index contributed by atoms with van der Waals surface area (Å²) in [6.45, 7) is 0. The van der Waals surface area contributed by atoms with E-state index in [0.717, 1.165) is 0 Å². The molecule has 0 aromatic heterocycles. The maximum absolute atomic E-state index is 8.52. The van der Waals surface area contributed by atoms with Crippen molar-refractivity contribution >= 4 is 38.2 Å². The SMILES string of the molecule is O=S(=O)([O-])[O-].O=S(=O)([O-])[O-].[Al+3].[H-].[K+].[Na+]. The second-order valence-electron chi connectivity index (χ2n) is 0.816. The van der Waals surface area contributed by atoms with Gasteiger partial charge in [0.25, 0.3) is 0 Å². The molecular weight excluding hydrogens is 281 g/mol. The molecule has 13 heteroatoms. The van der Waals surface area contributed by atoms with Gasteiger partial charge in [-0.25, -0.2) is 0 Å². The summed E-state index contributed by atoms with van der Waals surface area (Å²) in [4.78, 5) is 0. The molecule has 0 aliphatic heterocycles. The van der Waals surface area contributed by atoms with Crippen molar-refractivity contribution in [2.45, 2.75) is 0 Å². The van der Waals surface area contributed by atoms with Crippen LogP contribution in [-0.4, -0.2) is 52.4 Å². The van der Waals surface area contributed by atoms with Gasteiger partial charge < -0.3 is 19.6 Å². The largest absolute Gasteiger partial charge is 3.00 e. The van der Waals surface area contributed by atoms with E-state index in [9.17, 15) is 0 Å². The van der Waals surface area contributed by atoms with Crippen LogP contribution in [-0.2, 0) is 20.8 Å². The maximum atomic E-state index is 8.52. The average Bonchev–Trinajstić information content (AvgIpc) is 1.12. The van der Waals surface area contributed by atoms with Crippen molar-refractivity contribution in [3.8, 4) is 0 Å². The minimum Gasteiger partial charge on any atom is -1.00 e. The first kappa shape index (κ1) is 29.7. The van der Waals surface area contributed by atoms with Crippen LogP contribution in [0.15, 0.2) is 0 Å². The molecule has 0 fully saturated rings. The molecule has 0 bridgehead atoms. The van der Waals surface area contributed by atoms with Crippen LogP contribution < -0.4 is 80.9 Å². The fourth-order valence-electron chi connectivity index (χ4n) is 0. The van der Waals surface area contributed by atoms with E-state index >= 15 is 0 Å². The molecule has 0 saturated heterocycles. The summed E-state index contributed by atoms with van der Waals surface area (Å²) in [6.07, 6.45) is 0.